The SMILES string of the molecule is CCCOC(=O)CCOC(=O)Nc1cc(I)c(I)c(I)c1. The molecule has 1 aromatic carbocycles. The maximum atomic E-state index is 11.6. The van der Waals surface area contributed by atoms with Crippen LogP contribution in [0.25, 0.3) is 0 Å². The summed E-state index contributed by atoms with van der Waals surface area (Å²) in [5, 5.41) is 2.64. The topological polar surface area (TPSA) is 64.6 Å². The molecule has 0 saturated heterocycles. The Labute approximate surface area is 164 Å². The van der Waals surface area contributed by atoms with Gasteiger partial charge in [0.05, 0.1) is 13.0 Å². The molecule has 0 atom stereocenters. The quantitative estimate of drug-likeness (QED) is 0.289. The van der Waals surface area contributed by atoms with Gasteiger partial charge in [0.1, 0.15) is 6.61 Å². The summed E-state index contributed by atoms with van der Waals surface area (Å²) in [6.45, 7) is 2.32. The minimum Gasteiger partial charge on any atom is -0.466 e. The second-order valence-corrected chi connectivity index (χ2v) is 7.39. The van der Waals surface area contributed by atoms with E-state index >= 15 is 0 Å². The first-order valence-electron chi connectivity index (χ1n) is 6.18. The van der Waals surface area contributed by atoms with Gasteiger partial charge in [0, 0.05) is 16.4 Å². The Morgan fingerprint density at radius 3 is 2.29 bits per heavy atom. The third-order valence-corrected chi connectivity index (χ3v) is 7.16. The summed E-state index contributed by atoms with van der Waals surface area (Å²) < 4.78 is 13.1. The lowest BCUT2D eigenvalue weighted by Gasteiger charge is -2.09. The maximum absolute atomic E-state index is 11.6. The first-order chi connectivity index (χ1) is 9.93. The van der Waals surface area contributed by atoms with E-state index in [0.717, 1.165) is 17.1 Å². The molecule has 0 radical (unpaired) electrons. The highest BCUT2D eigenvalue weighted by Crippen LogP contribution is 2.25. The van der Waals surface area contributed by atoms with Crippen LogP contribution in [-0.2, 0) is 14.3 Å². The van der Waals surface area contributed by atoms with Crippen LogP contribution in [0.5, 0.6) is 0 Å². The molecule has 0 heterocycles. The molecular weight excluding hydrogens is 615 g/mol. The van der Waals surface area contributed by atoms with Crippen molar-refractivity contribution in [3.63, 3.8) is 0 Å². The monoisotopic (exact) mass is 629 g/mol. The lowest BCUT2D eigenvalue weighted by molar-refractivity contribution is -0.144. The molecule has 1 rings (SSSR count). The molecule has 1 aromatic rings. The number of amides is 1. The van der Waals surface area contributed by atoms with E-state index in [1.165, 1.54) is 0 Å². The lowest BCUT2D eigenvalue weighted by atomic mass is 10.3. The number of benzene rings is 1. The Balaban J connectivity index is 2.39. The maximum Gasteiger partial charge on any atom is 0.411 e. The van der Waals surface area contributed by atoms with Crippen LogP contribution in [-0.4, -0.2) is 25.3 Å². The largest absolute Gasteiger partial charge is 0.466 e. The number of esters is 1. The summed E-state index contributed by atoms with van der Waals surface area (Å²) in [7, 11) is 0. The second kappa shape index (κ2) is 10.0. The summed E-state index contributed by atoms with van der Waals surface area (Å²) in [4.78, 5) is 22.9. The van der Waals surface area contributed by atoms with Gasteiger partial charge in [-0.2, -0.15) is 0 Å². The predicted octanol–water partition coefficient (Wildman–Crippen LogP) is 4.39. The van der Waals surface area contributed by atoms with Gasteiger partial charge in [0.2, 0.25) is 0 Å². The fourth-order valence-corrected chi connectivity index (χ4v) is 3.38. The smallest absolute Gasteiger partial charge is 0.411 e. The minimum atomic E-state index is -0.578. The number of rotatable bonds is 6. The van der Waals surface area contributed by atoms with Gasteiger partial charge in [-0.25, -0.2) is 4.79 Å². The van der Waals surface area contributed by atoms with Gasteiger partial charge in [0.25, 0.3) is 0 Å². The molecule has 1 amide bonds. The number of carbonyl (C=O) groups excluding carboxylic acids is 2. The molecule has 8 heteroatoms. The van der Waals surface area contributed by atoms with E-state index < -0.39 is 6.09 Å². The van der Waals surface area contributed by atoms with E-state index in [4.69, 9.17) is 9.47 Å². The van der Waals surface area contributed by atoms with Crippen LogP contribution in [0.3, 0.4) is 0 Å². The molecule has 5 nitrogen and oxygen atoms in total. The van der Waals surface area contributed by atoms with Crippen molar-refractivity contribution in [2.75, 3.05) is 18.5 Å². The first-order valence-corrected chi connectivity index (χ1v) is 9.41. The molecule has 0 saturated carbocycles. The zero-order valence-corrected chi connectivity index (χ0v) is 17.7. The highest BCUT2D eigenvalue weighted by atomic mass is 127. The molecule has 0 aromatic heterocycles. The molecule has 0 aliphatic rings. The zero-order chi connectivity index (χ0) is 15.8. The van der Waals surface area contributed by atoms with Gasteiger partial charge < -0.3 is 9.47 Å². The average molecular weight is 629 g/mol. The molecule has 0 unspecified atom stereocenters. The van der Waals surface area contributed by atoms with Crippen molar-refractivity contribution < 1.29 is 19.1 Å². The summed E-state index contributed by atoms with van der Waals surface area (Å²) in [6, 6.07) is 3.72. The summed E-state index contributed by atoms with van der Waals surface area (Å²) in [6.07, 6.45) is 0.262. The van der Waals surface area contributed by atoms with Gasteiger partial charge in [-0.15, -0.1) is 0 Å². The number of hydrogen-bond acceptors (Lipinski definition) is 4. The number of anilines is 1. The van der Waals surface area contributed by atoms with Crippen LogP contribution in [0.15, 0.2) is 12.1 Å². The normalized spacial score (nSPS) is 10.1. The summed E-state index contributed by atoms with van der Waals surface area (Å²) in [5.74, 6) is -0.358. The molecule has 0 spiro atoms. The van der Waals surface area contributed by atoms with Crippen LogP contribution >= 0.6 is 67.8 Å². The van der Waals surface area contributed by atoms with Gasteiger partial charge in [-0.1, -0.05) is 6.92 Å². The third-order valence-electron chi connectivity index (χ3n) is 2.24. The summed E-state index contributed by atoms with van der Waals surface area (Å²) >= 11 is 6.66. The molecule has 21 heavy (non-hydrogen) atoms. The average Bonchev–Trinajstić information content (AvgIpc) is 2.42. The van der Waals surface area contributed by atoms with Gasteiger partial charge in [-0.3, -0.25) is 10.1 Å². The van der Waals surface area contributed by atoms with Crippen molar-refractivity contribution in [3.05, 3.63) is 22.8 Å². The highest BCUT2D eigenvalue weighted by molar-refractivity contribution is 14.1. The van der Waals surface area contributed by atoms with E-state index in [0.29, 0.717) is 12.3 Å². The Bertz CT molecular complexity index is 499. The van der Waals surface area contributed by atoms with E-state index in [2.05, 4.69) is 73.1 Å². The fraction of sp³-hybridized carbons (Fsp3) is 0.385. The number of nitrogens with one attached hydrogen (secondary N) is 1. The lowest BCUT2D eigenvalue weighted by Crippen LogP contribution is -2.17. The van der Waals surface area contributed by atoms with Crippen LogP contribution in [0.4, 0.5) is 10.5 Å². The van der Waals surface area contributed by atoms with E-state index in [1.54, 1.807) is 0 Å². The van der Waals surface area contributed by atoms with Crippen molar-refractivity contribution >= 4 is 85.5 Å². The van der Waals surface area contributed by atoms with Gasteiger partial charge in [0.15, 0.2) is 0 Å². The number of carbonyl (C=O) groups is 2. The van der Waals surface area contributed by atoms with E-state index in [-0.39, 0.29) is 19.0 Å². The van der Waals surface area contributed by atoms with Crippen molar-refractivity contribution in [1.29, 1.82) is 0 Å². The van der Waals surface area contributed by atoms with Crippen molar-refractivity contribution in [1.82, 2.24) is 0 Å². The minimum absolute atomic E-state index is 0.00688. The van der Waals surface area contributed by atoms with Crippen molar-refractivity contribution in [2.45, 2.75) is 19.8 Å². The Morgan fingerprint density at radius 1 is 1.10 bits per heavy atom. The number of halogens is 3. The van der Waals surface area contributed by atoms with E-state index in [1.807, 2.05) is 19.1 Å². The van der Waals surface area contributed by atoms with E-state index in [9.17, 15) is 9.59 Å². The molecule has 0 fully saturated rings. The molecule has 116 valence electrons. The molecule has 0 aliphatic heterocycles. The first kappa shape index (κ1) is 19.2. The van der Waals surface area contributed by atoms with Gasteiger partial charge in [-0.05, 0) is 86.3 Å². The van der Waals surface area contributed by atoms with Crippen molar-refractivity contribution in [2.24, 2.45) is 0 Å². The number of ether oxygens (including phenoxy) is 2. The fourth-order valence-electron chi connectivity index (χ4n) is 1.30. The van der Waals surface area contributed by atoms with Crippen LogP contribution < -0.4 is 5.32 Å². The van der Waals surface area contributed by atoms with Crippen LogP contribution in [0, 0.1) is 10.7 Å². The van der Waals surface area contributed by atoms with Crippen LogP contribution in [0.2, 0.25) is 0 Å². The summed E-state index contributed by atoms with van der Waals surface area (Å²) in [5.41, 5.74) is 0.669. The Hall–Kier alpha value is 0.150. The zero-order valence-electron chi connectivity index (χ0n) is 11.3. The highest BCUT2D eigenvalue weighted by Gasteiger charge is 2.09. The predicted molar refractivity (Wildman–Crippen MR) is 105 cm³/mol. The van der Waals surface area contributed by atoms with Crippen molar-refractivity contribution in [3.8, 4) is 0 Å². The molecule has 1 N–H and O–H groups in total. The van der Waals surface area contributed by atoms with Crippen LogP contribution in [0.1, 0.15) is 19.8 Å². The Kier molecular flexibility index (Phi) is 9.16. The molecule has 0 aliphatic carbocycles. The molecular formula is C13H14I3NO4. The third kappa shape index (κ3) is 7.30. The standard InChI is InChI=1S/C13H14I3NO4/c1-2-4-20-11(18)3-5-21-13(19)17-8-6-9(14)12(16)10(15)7-8/h6-7H,2-5H2,1H3,(H,17,19). The molecule has 0 bridgehead atoms. The number of hydrogen-bond donors (Lipinski definition) is 1. The second-order valence-electron chi connectivity index (χ2n) is 3.99. The van der Waals surface area contributed by atoms with Gasteiger partial charge >= 0.3 is 12.1 Å². The Morgan fingerprint density at radius 2 is 1.71 bits per heavy atom.